The summed E-state index contributed by atoms with van der Waals surface area (Å²) in [7, 11) is 0. The third-order valence-electron chi connectivity index (χ3n) is 6.63. The number of rotatable bonds is 6. The van der Waals surface area contributed by atoms with Crippen molar-refractivity contribution >= 4 is 22.4 Å². The molecule has 172 valence electrons. The van der Waals surface area contributed by atoms with Crippen molar-refractivity contribution in [3.63, 3.8) is 0 Å². The fraction of sp³-hybridized carbons (Fsp3) is 0.400. The van der Waals surface area contributed by atoms with Crippen LogP contribution in [-0.2, 0) is 13.0 Å². The predicted octanol–water partition coefficient (Wildman–Crippen LogP) is 2.42. The van der Waals surface area contributed by atoms with Crippen LogP contribution in [0.25, 0.3) is 16.7 Å². The second kappa shape index (κ2) is 8.86. The lowest BCUT2D eigenvalue weighted by Crippen LogP contribution is -2.46. The zero-order chi connectivity index (χ0) is 22.9. The van der Waals surface area contributed by atoms with Gasteiger partial charge in [0.05, 0.1) is 11.2 Å². The van der Waals surface area contributed by atoms with Gasteiger partial charge in [0.2, 0.25) is 5.56 Å². The molecule has 0 unspecified atom stereocenters. The van der Waals surface area contributed by atoms with Crippen molar-refractivity contribution in [1.29, 1.82) is 0 Å². The van der Waals surface area contributed by atoms with Crippen molar-refractivity contribution in [1.82, 2.24) is 23.8 Å². The minimum absolute atomic E-state index is 0.0480. The van der Waals surface area contributed by atoms with E-state index in [-0.39, 0.29) is 11.1 Å². The van der Waals surface area contributed by atoms with Gasteiger partial charge >= 0.3 is 0 Å². The molecule has 0 saturated carbocycles. The molecule has 0 spiro atoms. The Morgan fingerprint density at radius 2 is 1.73 bits per heavy atom. The molecule has 1 saturated heterocycles. The zero-order valence-electron chi connectivity index (χ0n) is 19.3. The van der Waals surface area contributed by atoms with Crippen LogP contribution in [0.15, 0.2) is 52.1 Å². The van der Waals surface area contributed by atoms with Gasteiger partial charge < -0.3 is 14.5 Å². The molecule has 4 aromatic rings. The van der Waals surface area contributed by atoms with Gasteiger partial charge in [-0.25, -0.2) is 4.98 Å². The molecule has 3 aromatic heterocycles. The number of piperazine rings is 1. The average molecular weight is 447 g/mol. The van der Waals surface area contributed by atoms with Crippen LogP contribution in [0, 0.1) is 6.92 Å². The normalized spacial score (nSPS) is 15.0. The minimum atomic E-state index is -0.182. The third kappa shape index (κ3) is 3.95. The van der Waals surface area contributed by atoms with Crippen molar-refractivity contribution in [2.45, 2.75) is 33.2 Å². The van der Waals surface area contributed by atoms with E-state index in [9.17, 15) is 9.59 Å². The first-order valence-corrected chi connectivity index (χ1v) is 11.7. The molecule has 4 heterocycles. The van der Waals surface area contributed by atoms with Crippen LogP contribution < -0.4 is 16.0 Å². The van der Waals surface area contributed by atoms with Gasteiger partial charge in [0.15, 0.2) is 0 Å². The van der Waals surface area contributed by atoms with Gasteiger partial charge in [-0.1, -0.05) is 25.1 Å². The molecule has 8 heteroatoms. The maximum Gasteiger partial charge on any atom is 0.277 e. The van der Waals surface area contributed by atoms with Crippen LogP contribution in [0.1, 0.15) is 24.9 Å². The molecule has 1 aromatic carbocycles. The number of H-pyrrole nitrogens is 1. The molecule has 0 aliphatic carbocycles. The van der Waals surface area contributed by atoms with Gasteiger partial charge in [-0.15, -0.1) is 0 Å². The van der Waals surface area contributed by atoms with Crippen LogP contribution in [-0.4, -0.2) is 56.6 Å². The van der Waals surface area contributed by atoms with Crippen molar-refractivity contribution in [3.05, 3.63) is 74.7 Å². The minimum Gasteiger partial charge on any atom is -0.369 e. The summed E-state index contributed by atoms with van der Waals surface area (Å²) in [5.41, 5.74) is 3.69. The van der Waals surface area contributed by atoms with E-state index < -0.39 is 0 Å². The second-order valence-corrected chi connectivity index (χ2v) is 8.68. The van der Waals surface area contributed by atoms with Gasteiger partial charge in [0, 0.05) is 50.9 Å². The SMILES string of the molecule is CCc1nc(C)c2c(=O)n(CCCN3CCN(c4ccccc4)CC3)c3ccc(=O)[nH]c3n12. The van der Waals surface area contributed by atoms with Crippen molar-refractivity contribution in [2.75, 3.05) is 37.6 Å². The highest BCUT2D eigenvalue weighted by molar-refractivity contribution is 5.76. The number of pyridine rings is 1. The largest absolute Gasteiger partial charge is 0.369 e. The summed E-state index contributed by atoms with van der Waals surface area (Å²) >= 11 is 0. The van der Waals surface area contributed by atoms with Crippen LogP contribution in [0.3, 0.4) is 0 Å². The highest BCUT2D eigenvalue weighted by Crippen LogP contribution is 2.18. The van der Waals surface area contributed by atoms with E-state index in [4.69, 9.17) is 0 Å². The van der Waals surface area contributed by atoms with E-state index in [1.165, 1.54) is 11.8 Å². The number of para-hydroxylation sites is 1. The van der Waals surface area contributed by atoms with E-state index in [1.54, 1.807) is 10.6 Å². The van der Waals surface area contributed by atoms with Crippen LogP contribution in [0.5, 0.6) is 0 Å². The Bertz CT molecular complexity index is 1390. The molecule has 5 rings (SSSR count). The summed E-state index contributed by atoms with van der Waals surface area (Å²) < 4.78 is 3.63. The Kier molecular flexibility index (Phi) is 5.76. The number of fused-ring (bicyclic) bond motifs is 3. The summed E-state index contributed by atoms with van der Waals surface area (Å²) in [6.45, 7) is 9.44. The molecule has 33 heavy (non-hydrogen) atoms. The molecule has 1 aliphatic heterocycles. The average Bonchev–Trinajstić information content (AvgIpc) is 3.19. The standard InChI is InChI=1S/C25H30N6O2/c1-3-21-26-18(2)23-25(33)30(20-10-11-22(32)27-24(20)31(21)23)13-7-12-28-14-16-29(17-15-28)19-8-5-4-6-9-19/h4-6,8-11H,3,7,12-17H2,1-2H3,(H,27,32). The molecule has 0 amide bonds. The lowest BCUT2D eigenvalue weighted by atomic mass is 10.2. The fourth-order valence-corrected chi connectivity index (χ4v) is 4.94. The first kappa shape index (κ1) is 21.5. The smallest absolute Gasteiger partial charge is 0.277 e. The van der Waals surface area contributed by atoms with Crippen molar-refractivity contribution in [2.24, 2.45) is 0 Å². The molecule has 0 atom stereocenters. The predicted molar refractivity (Wildman–Crippen MR) is 131 cm³/mol. The highest BCUT2D eigenvalue weighted by Gasteiger charge is 2.19. The summed E-state index contributed by atoms with van der Waals surface area (Å²) in [5, 5.41) is 0. The monoisotopic (exact) mass is 446 g/mol. The number of benzene rings is 1. The zero-order valence-corrected chi connectivity index (χ0v) is 19.3. The summed E-state index contributed by atoms with van der Waals surface area (Å²) in [6, 6.07) is 13.8. The van der Waals surface area contributed by atoms with Crippen LogP contribution in [0.4, 0.5) is 5.69 Å². The first-order valence-electron chi connectivity index (χ1n) is 11.7. The summed E-state index contributed by atoms with van der Waals surface area (Å²) in [6.07, 6.45) is 1.54. The van der Waals surface area contributed by atoms with E-state index >= 15 is 0 Å². The van der Waals surface area contributed by atoms with Crippen LogP contribution in [0.2, 0.25) is 0 Å². The number of anilines is 1. The Morgan fingerprint density at radius 1 is 0.970 bits per heavy atom. The number of aromatic amines is 1. The topological polar surface area (TPSA) is 78.6 Å². The van der Waals surface area contributed by atoms with Gasteiger partial charge in [-0.05, 0) is 38.1 Å². The lowest BCUT2D eigenvalue weighted by molar-refractivity contribution is 0.250. The molecule has 0 radical (unpaired) electrons. The van der Waals surface area contributed by atoms with E-state index in [0.717, 1.165) is 50.5 Å². The van der Waals surface area contributed by atoms with E-state index in [0.29, 0.717) is 29.8 Å². The van der Waals surface area contributed by atoms with Gasteiger partial charge in [-0.3, -0.25) is 18.9 Å². The Labute approximate surface area is 192 Å². The van der Waals surface area contributed by atoms with Gasteiger partial charge in [-0.2, -0.15) is 0 Å². The fourth-order valence-electron chi connectivity index (χ4n) is 4.94. The Balaban J connectivity index is 1.35. The molecule has 1 fully saturated rings. The molecule has 1 aliphatic rings. The Hall–Kier alpha value is -3.39. The second-order valence-electron chi connectivity index (χ2n) is 8.68. The summed E-state index contributed by atoms with van der Waals surface area (Å²) in [4.78, 5) is 38.0. The number of hydrogen-bond donors (Lipinski definition) is 1. The molecular formula is C25H30N6O2. The van der Waals surface area contributed by atoms with Crippen molar-refractivity contribution in [3.8, 4) is 0 Å². The Morgan fingerprint density at radius 3 is 2.45 bits per heavy atom. The first-order chi connectivity index (χ1) is 16.1. The van der Waals surface area contributed by atoms with Crippen molar-refractivity contribution < 1.29 is 0 Å². The molecule has 1 N–H and O–H groups in total. The van der Waals surface area contributed by atoms with E-state index in [1.807, 2.05) is 24.3 Å². The number of aryl methyl sites for hydroxylation is 3. The van der Waals surface area contributed by atoms with Gasteiger partial charge in [0.1, 0.15) is 17.0 Å². The number of hydrogen-bond acceptors (Lipinski definition) is 5. The number of nitrogens with one attached hydrogen (secondary N) is 1. The summed E-state index contributed by atoms with van der Waals surface area (Å²) in [5.74, 6) is 0.787. The number of aromatic nitrogens is 4. The van der Waals surface area contributed by atoms with Crippen LogP contribution >= 0.6 is 0 Å². The molecule has 0 bridgehead atoms. The maximum absolute atomic E-state index is 13.4. The van der Waals surface area contributed by atoms with E-state index in [2.05, 4.69) is 44.0 Å². The molecular weight excluding hydrogens is 416 g/mol. The highest BCUT2D eigenvalue weighted by atomic mass is 16.1. The third-order valence-corrected chi connectivity index (χ3v) is 6.63. The van der Waals surface area contributed by atoms with Gasteiger partial charge in [0.25, 0.3) is 5.56 Å². The maximum atomic E-state index is 13.4. The lowest BCUT2D eigenvalue weighted by Gasteiger charge is -2.36. The molecule has 8 nitrogen and oxygen atoms in total. The quantitative estimate of drug-likeness (QED) is 0.492. The number of imidazole rings is 1. The number of nitrogens with zero attached hydrogens (tertiary/aromatic N) is 5.